The van der Waals surface area contributed by atoms with Crippen LogP contribution in [0.2, 0.25) is 0 Å². The fourth-order valence-electron chi connectivity index (χ4n) is 4.36. The summed E-state index contributed by atoms with van der Waals surface area (Å²) in [7, 11) is 0. The minimum absolute atomic E-state index is 0.00380. The van der Waals surface area contributed by atoms with E-state index in [2.05, 4.69) is 50.5 Å². The van der Waals surface area contributed by atoms with Crippen LogP contribution in [-0.4, -0.2) is 59.9 Å². The summed E-state index contributed by atoms with van der Waals surface area (Å²) >= 11 is 1.50. The van der Waals surface area contributed by atoms with Gasteiger partial charge in [-0.05, 0) is 50.2 Å². The zero-order valence-electron chi connectivity index (χ0n) is 18.9. The van der Waals surface area contributed by atoms with Gasteiger partial charge in [-0.25, -0.2) is 4.68 Å². The maximum absolute atomic E-state index is 12.8. The summed E-state index contributed by atoms with van der Waals surface area (Å²) in [5.74, 6) is 0.00380. The molecule has 7 heteroatoms. The van der Waals surface area contributed by atoms with E-state index in [9.17, 15) is 4.79 Å². The van der Waals surface area contributed by atoms with E-state index < -0.39 is 0 Å². The second kappa shape index (κ2) is 9.77. The van der Waals surface area contributed by atoms with Crippen LogP contribution >= 0.6 is 11.3 Å². The largest absolute Gasteiger partial charge is 0.369 e. The molecule has 1 saturated heterocycles. The number of hydrogen-bond donors (Lipinski definition) is 1. The van der Waals surface area contributed by atoms with E-state index in [-0.39, 0.29) is 5.91 Å². The molecule has 1 aliphatic rings. The summed E-state index contributed by atoms with van der Waals surface area (Å²) in [5.41, 5.74) is 3.26. The van der Waals surface area contributed by atoms with Gasteiger partial charge in [0, 0.05) is 43.8 Å². The van der Waals surface area contributed by atoms with Gasteiger partial charge in [0.2, 0.25) is 0 Å². The average molecular weight is 460 g/mol. The van der Waals surface area contributed by atoms with Crippen molar-refractivity contribution in [2.24, 2.45) is 0 Å². The van der Waals surface area contributed by atoms with Crippen LogP contribution in [-0.2, 0) is 0 Å². The monoisotopic (exact) mass is 459 g/mol. The van der Waals surface area contributed by atoms with E-state index in [1.54, 1.807) is 0 Å². The highest BCUT2D eigenvalue weighted by molar-refractivity contribution is 7.20. The third-order valence-corrected chi connectivity index (χ3v) is 7.31. The smallest absolute Gasteiger partial charge is 0.261 e. The van der Waals surface area contributed by atoms with Crippen LogP contribution in [0.15, 0.2) is 66.7 Å². The number of thiophene rings is 1. The third kappa shape index (κ3) is 4.79. The molecule has 1 amide bonds. The van der Waals surface area contributed by atoms with Gasteiger partial charge in [-0.2, -0.15) is 5.10 Å². The highest BCUT2D eigenvalue weighted by atomic mass is 32.1. The third-order valence-electron chi connectivity index (χ3n) is 6.20. The predicted octanol–water partition coefficient (Wildman–Crippen LogP) is 4.34. The van der Waals surface area contributed by atoms with E-state index in [4.69, 9.17) is 0 Å². The van der Waals surface area contributed by atoms with Gasteiger partial charge in [0.05, 0.1) is 16.3 Å². The van der Waals surface area contributed by atoms with Gasteiger partial charge in [0.1, 0.15) is 4.83 Å². The van der Waals surface area contributed by atoms with Crippen LogP contribution in [0.25, 0.3) is 15.9 Å². The number of hydrogen-bond acceptors (Lipinski definition) is 5. The van der Waals surface area contributed by atoms with Crippen molar-refractivity contribution in [2.45, 2.75) is 13.3 Å². The van der Waals surface area contributed by atoms with Crippen molar-refractivity contribution < 1.29 is 4.79 Å². The molecule has 6 nitrogen and oxygen atoms in total. The lowest BCUT2D eigenvalue weighted by atomic mass is 10.2. The molecule has 0 aliphatic carbocycles. The molecule has 1 N–H and O–H groups in total. The van der Waals surface area contributed by atoms with Crippen molar-refractivity contribution in [3.63, 3.8) is 0 Å². The van der Waals surface area contributed by atoms with Crippen molar-refractivity contribution in [1.82, 2.24) is 20.0 Å². The van der Waals surface area contributed by atoms with E-state index in [1.165, 1.54) is 17.0 Å². The van der Waals surface area contributed by atoms with E-state index in [0.29, 0.717) is 6.54 Å². The first-order valence-corrected chi connectivity index (χ1v) is 12.4. The highest BCUT2D eigenvalue weighted by Gasteiger charge is 2.18. The number of aryl methyl sites for hydroxylation is 1. The van der Waals surface area contributed by atoms with Gasteiger partial charge in [-0.1, -0.05) is 36.4 Å². The molecule has 4 aromatic rings. The molecule has 1 fully saturated rings. The lowest BCUT2D eigenvalue weighted by Crippen LogP contribution is -2.47. The Morgan fingerprint density at radius 2 is 1.64 bits per heavy atom. The van der Waals surface area contributed by atoms with Crippen LogP contribution in [0.3, 0.4) is 0 Å². The molecule has 0 atom stereocenters. The van der Waals surface area contributed by atoms with Gasteiger partial charge in [0.25, 0.3) is 5.91 Å². The van der Waals surface area contributed by atoms with E-state index in [0.717, 1.165) is 65.6 Å². The van der Waals surface area contributed by atoms with Crippen LogP contribution < -0.4 is 10.2 Å². The lowest BCUT2D eigenvalue weighted by molar-refractivity contribution is 0.0955. The number of benzene rings is 2. The molecular weight excluding hydrogens is 430 g/mol. The summed E-state index contributed by atoms with van der Waals surface area (Å²) in [6, 6.07) is 22.6. The molecule has 0 saturated carbocycles. The Morgan fingerprint density at radius 3 is 2.33 bits per heavy atom. The second-order valence-corrected chi connectivity index (χ2v) is 9.47. The fourth-order valence-corrected chi connectivity index (χ4v) is 5.46. The van der Waals surface area contributed by atoms with Gasteiger partial charge in [0.15, 0.2) is 0 Å². The Morgan fingerprint density at radius 1 is 0.970 bits per heavy atom. The summed E-state index contributed by atoms with van der Waals surface area (Å²) in [6.07, 6.45) is 0.957. The average Bonchev–Trinajstić information content (AvgIpc) is 3.44. The Labute approximate surface area is 198 Å². The number of amides is 1. The van der Waals surface area contributed by atoms with E-state index >= 15 is 0 Å². The number of rotatable bonds is 7. The number of anilines is 1. The molecule has 1 aliphatic heterocycles. The number of nitrogens with one attached hydrogen (secondary N) is 1. The molecule has 2 aromatic heterocycles. The zero-order chi connectivity index (χ0) is 22.6. The van der Waals surface area contributed by atoms with Crippen molar-refractivity contribution in [1.29, 1.82) is 0 Å². The maximum Gasteiger partial charge on any atom is 0.261 e. The minimum atomic E-state index is 0.00380. The number of para-hydroxylation sites is 2. The van der Waals surface area contributed by atoms with Crippen molar-refractivity contribution in [3.05, 3.63) is 77.3 Å². The minimum Gasteiger partial charge on any atom is -0.369 e. The quantitative estimate of drug-likeness (QED) is 0.418. The maximum atomic E-state index is 12.8. The van der Waals surface area contributed by atoms with Gasteiger partial charge in [-0.15, -0.1) is 11.3 Å². The summed E-state index contributed by atoms with van der Waals surface area (Å²) in [6.45, 7) is 7.93. The van der Waals surface area contributed by atoms with E-state index in [1.807, 2.05) is 48.0 Å². The first-order valence-electron chi connectivity index (χ1n) is 11.5. The molecule has 2 aromatic carbocycles. The first kappa shape index (κ1) is 21.7. The fraction of sp³-hybridized carbons (Fsp3) is 0.308. The Hall–Kier alpha value is -3.16. The molecule has 0 spiro atoms. The molecule has 33 heavy (non-hydrogen) atoms. The summed E-state index contributed by atoms with van der Waals surface area (Å²) in [4.78, 5) is 19.5. The highest BCUT2D eigenvalue weighted by Crippen LogP contribution is 2.30. The van der Waals surface area contributed by atoms with Crippen molar-refractivity contribution >= 4 is 33.1 Å². The molecule has 170 valence electrons. The summed E-state index contributed by atoms with van der Waals surface area (Å²) < 4.78 is 1.93. The molecule has 0 radical (unpaired) electrons. The molecule has 0 bridgehead atoms. The van der Waals surface area contributed by atoms with Gasteiger partial charge in [-0.3, -0.25) is 9.69 Å². The topological polar surface area (TPSA) is 53.4 Å². The van der Waals surface area contributed by atoms with Crippen molar-refractivity contribution in [2.75, 3.05) is 44.2 Å². The predicted molar refractivity (Wildman–Crippen MR) is 136 cm³/mol. The number of fused-ring (bicyclic) bond motifs is 1. The Bertz CT molecular complexity index is 1210. The first-order chi connectivity index (χ1) is 16.2. The lowest BCUT2D eigenvalue weighted by Gasteiger charge is -2.36. The van der Waals surface area contributed by atoms with Gasteiger partial charge >= 0.3 is 0 Å². The second-order valence-electron chi connectivity index (χ2n) is 8.44. The molecular formula is C26H29N5OS. The molecule has 3 heterocycles. The van der Waals surface area contributed by atoms with Crippen LogP contribution in [0, 0.1) is 6.92 Å². The van der Waals surface area contributed by atoms with Crippen LogP contribution in [0.5, 0.6) is 0 Å². The Kier molecular flexibility index (Phi) is 6.41. The van der Waals surface area contributed by atoms with Gasteiger partial charge < -0.3 is 10.2 Å². The SMILES string of the molecule is Cc1nn(-c2ccccc2)c2sc(C(=O)NCCCN3CCN(c4ccccc4)CC3)cc12. The molecule has 5 rings (SSSR count). The number of piperazine rings is 1. The standard InChI is InChI=1S/C26H29N5OS/c1-20-23-19-24(33-26(23)31(28-20)22-11-6-3-7-12-22)25(32)27-13-8-14-29-15-17-30(18-16-29)21-9-4-2-5-10-21/h2-7,9-12,19H,8,13-18H2,1H3,(H,27,32). The number of nitrogens with zero attached hydrogens (tertiary/aromatic N) is 4. The number of carbonyl (C=O) groups excluding carboxylic acids is 1. The van der Waals surface area contributed by atoms with Crippen molar-refractivity contribution in [3.8, 4) is 5.69 Å². The molecule has 0 unspecified atom stereocenters. The summed E-state index contributed by atoms with van der Waals surface area (Å²) in [5, 5.41) is 8.81. The van der Waals surface area contributed by atoms with Crippen LogP contribution in [0.4, 0.5) is 5.69 Å². The van der Waals surface area contributed by atoms with Crippen LogP contribution in [0.1, 0.15) is 21.8 Å². The number of carbonyl (C=O) groups is 1. The number of aromatic nitrogens is 2. The zero-order valence-corrected chi connectivity index (χ0v) is 19.7. The normalized spacial score (nSPS) is 14.6. The Balaban J connectivity index is 1.12.